The Kier molecular flexibility index (Phi) is 5.51. The molecule has 0 radical (unpaired) electrons. The van der Waals surface area contributed by atoms with Crippen LogP contribution in [0.15, 0.2) is 24.3 Å². The van der Waals surface area contributed by atoms with Crippen LogP contribution in [-0.4, -0.2) is 36.5 Å². The van der Waals surface area contributed by atoms with Gasteiger partial charge in [0.2, 0.25) is 5.91 Å². The number of nitrogens with one attached hydrogen (secondary N) is 3. The van der Waals surface area contributed by atoms with E-state index in [2.05, 4.69) is 16.0 Å². The second-order valence-corrected chi connectivity index (χ2v) is 5.29. The SMILES string of the molecule is C[C@@H](COc1ccc(F)cc1)NC(=O)CC[C@H]1NC(=O)NC1=O. The van der Waals surface area contributed by atoms with Gasteiger partial charge >= 0.3 is 6.03 Å². The molecule has 4 amide bonds. The van der Waals surface area contributed by atoms with Crippen LogP contribution in [0, 0.1) is 5.82 Å². The maximum absolute atomic E-state index is 12.8. The van der Waals surface area contributed by atoms with Crippen molar-refractivity contribution in [1.29, 1.82) is 0 Å². The highest BCUT2D eigenvalue weighted by Crippen LogP contribution is 2.11. The maximum atomic E-state index is 12.8. The van der Waals surface area contributed by atoms with E-state index in [1.807, 2.05) is 0 Å². The van der Waals surface area contributed by atoms with Crippen LogP contribution in [0.5, 0.6) is 5.75 Å². The number of carbonyl (C=O) groups is 3. The van der Waals surface area contributed by atoms with Crippen molar-refractivity contribution in [2.75, 3.05) is 6.61 Å². The second-order valence-electron chi connectivity index (χ2n) is 5.29. The minimum atomic E-state index is -0.668. The van der Waals surface area contributed by atoms with Crippen molar-refractivity contribution in [3.63, 3.8) is 0 Å². The van der Waals surface area contributed by atoms with E-state index in [9.17, 15) is 18.8 Å². The fourth-order valence-corrected chi connectivity index (χ4v) is 2.08. The molecule has 2 atom stereocenters. The first kappa shape index (κ1) is 16.7. The number of imide groups is 1. The van der Waals surface area contributed by atoms with Gasteiger partial charge in [0.05, 0.1) is 6.04 Å². The summed E-state index contributed by atoms with van der Waals surface area (Å²) in [5.74, 6) is -0.496. The minimum absolute atomic E-state index is 0.110. The summed E-state index contributed by atoms with van der Waals surface area (Å²) in [6.07, 6.45) is 0.341. The maximum Gasteiger partial charge on any atom is 0.322 e. The van der Waals surface area contributed by atoms with Crippen molar-refractivity contribution < 1.29 is 23.5 Å². The molecule has 0 aliphatic carbocycles. The topological polar surface area (TPSA) is 96.5 Å². The second kappa shape index (κ2) is 7.57. The van der Waals surface area contributed by atoms with E-state index in [0.717, 1.165) is 0 Å². The Morgan fingerprint density at radius 2 is 2.04 bits per heavy atom. The van der Waals surface area contributed by atoms with Crippen molar-refractivity contribution in [2.45, 2.75) is 31.8 Å². The van der Waals surface area contributed by atoms with Crippen molar-refractivity contribution >= 4 is 17.8 Å². The lowest BCUT2D eigenvalue weighted by molar-refractivity contribution is -0.122. The number of rotatable bonds is 7. The smallest absolute Gasteiger partial charge is 0.322 e. The predicted octanol–water partition coefficient (Wildman–Crippen LogP) is 0.697. The van der Waals surface area contributed by atoms with Crippen LogP contribution in [0.3, 0.4) is 0 Å². The standard InChI is InChI=1S/C15H18FN3O4/c1-9(8-23-11-4-2-10(16)3-5-11)17-13(20)7-6-12-14(21)19-15(22)18-12/h2-5,9,12H,6-8H2,1H3,(H,17,20)(H2,18,19,21,22)/t9-,12+/m0/s1. The molecule has 1 aromatic carbocycles. The van der Waals surface area contributed by atoms with Crippen LogP contribution >= 0.6 is 0 Å². The molecule has 7 nitrogen and oxygen atoms in total. The Balaban J connectivity index is 1.67. The quantitative estimate of drug-likeness (QED) is 0.644. The fraction of sp³-hybridized carbons (Fsp3) is 0.400. The number of urea groups is 1. The highest BCUT2D eigenvalue weighted by molar-refractivity contribution is 6.04. The number of hydrogen-bond donors (Lipinski definition) is 3. The zero-order valence-corrected chi connectivity index (χ0v) is 12.6. The van der Waals surface area contributed by atoms with Crippen LogP contribution in [0.1, 0.15) is 19.8 Å². The summed E-state index contributed by atoms with van der Waals surface area (Å²) in [6.45, 7) is 2.00. The summed E-state index contributed by atoms with van der Waals surface area (Å²) in [4.78, 5) is 34.1. The molecule has 0 bridgehead atoms. The van der Waals surface area contributed by atoms with E-state index >= 15 is 0 Å². The van der Waals surface area contributed by atoms with Gasteiger partial charge in [-0.1, -0.05) is 0 Å². The molecule has 1 fully saturated rings. The third kappa shape index (κ3) is 5.24. The zero-order valence-electron chi connectivity index (χ0n) is 12.6. The Morgan fingerprint density at radius 1 is 1.35 bits per heavy atom. The first-order valence-corrected chi connectivity index (χ1v) is 7.23. The first-order valence-electron chi connectivity index (χ1n) is 7.23. The molecular weight excluding hydrogens is 305 g/mol. The predicted molar refractivity (Wildman–Crippen MR) is 79.2 cm³/mol. The molecule has 23 heavy (non-hydrogen) atoms. The van der Waals surface area contributed by atoms with Crippen LogP contribution in [0.2, 0.25) is 0 Å². The van der Waals surface area contributed by atoms with E-state index in [1.165, 1.54) is 24.3 Å². The Hall–Kier alpha value is -2.64. The molecule has 0 unspecified atom stereocenters. The third-order valence-corrected chi connectivity index (χ3v) is 3.24. The van der Waals surface area contributed by atoms with Gasteiger partial charge in [0, 0.05) is 6.42 Å². The van der Waals surface area contributed by atoms with E-state index in [4.69, 9.17) is 4.74 Å². The van der Waals surface area contributed by atoms with Crippen molar-refractivity contribution in [3.8, 4) is 5.75 Å². The lowest BCUT2D eigenvalue weighted by atomic mass is 10.1. The van der Waals surface area contributed by atoms with Crippen LogP contribution in [-0.2, 0) is 9.59 Å². The first-order chi connectivity index (χ1) is 10.9. The summed E-state index contributed by atoms with van der Waals surface area (Å²) in [6, 6.07) is 4.13. The number of amides is 4. The molecule has 3 N–H and O–H groups in total. The van der Waals surface area contributed by atoms with Gasteiger partial charge in [-0.25, -0.2) is 9.18 Å². The molecule has 1 aromatic rings. The molecule has 0 saturated carbocycles. The van der Waals surface area contributed by atoms with Gasteiger partial charge in [0.15, 0.2) is 0 Å². The highest BCUT2D eigenvalue weighted by atomic mass is 19.1. The molecular formula is C15H18FN3O4. The number of ether oxygens (including phenoxy) is 1. The average Bonchev–Trinajstić information content (AvgIpc) is 2.82. The number of halogens is 1. The number of benzene rings is 1. The van der Waals surface area contributed by atoms with Crippen molar-refractivity contribution in [1.82, 2.24) is 16.0 Å². The van der Waals surface area contributed by atoms with Crippen molar-refractivity contribution in [2.24, 2.45) is 0 Å². The van der Waals surface area contributed by atoms with Crippen molar-refractivity contribution in [3.05, 3.63) is 30.1 Å². The van der Waals surface area contributed by atoms with Gasteiger partial charge in [-0.15, -0.1) is 0 Å². The summed E-state index contributed by atoms with van der Waals surface area (Å²) in [7, 11) is 0. The molecule has 1 aliphatic rings. The van der Waals surface area contributed by atoms with Gasteiger partial charge in [0.25, 0.3) is 5.91 Å². The molecule has 1 saturated heterocycles. The summed E-state index contributed by atoms with van der Waals surface area (Å²) in [5, 5.41) is 7.26. The molecule has 1 aliphatic heterocycles. The Labute approximate surface area is 132 Å². The van der Waals surface area contributed by atoms with E-state index in [1.54, 1.807) is 6.92 Å². The summed E-state index contributed by atoms with van der Waals surface area (Å²) >= 11 is 0. The summed E-state index contributed by atoms with van der Waals surface area (Å²) < 4.78 is 18.2. The molecule has 8 heteroatoms. The Bertz CT molecular complexity index is 591. The van der Waals surface area contributed by atoms with E-state index < -0.39 is 18.0 Å². The molecule has 1 heterocycles. The highest BCUT2D eigenvalue weighted by Gasteiger charge is 2.29. The molecule has 124 valence electrons. The van der Waals surface area contributed by atoms with Crippen LogP contribution in [0.25, 0.3) is 0 Å². The number of carbonyl (C=O) groups excluding carboxylic acids is 3. The van der Waals surface area contributed by atoms with Gasteiger partial charge in [0.1, 0.15) is 24.2 Å². The minimum Gasteiger partial charge on any atom is -0.491 e. The molecule has 2 rings (SSSR count). The van der Waals surface area contributed by atoms with Gasteiger partial charge in [-0.3, -0.25) is 14.9 Å². The largest absolute Gasteiger partial charge is 0.491 e. The average molecular weight is 323 g/mol. The normalized spacial score (nSPS) is 18.1. The number of hydrogen-bond acceptors (Lipinski definition) is 4. The van der Waals surface area contributed by atoms with E-state index in [0.29, 0.717) is 5.75 Å². The fourth-order valence-electron chi connectivity index (χ4n) is 2.08. The summed E-state index contributed by atoms with van der Waals surface area (Å²) in [5.41, 5.74) is 0. The van der Waals surface area contributed by atoms with Gasteiger partial charge in [-0.2, -0.15) is 0 Å². The lowest BCUT2D eigenvalue weighted by Crippen LogP contribution is -2.38. The van der Waals surface area contributed by atoms with Gasteiger partial charge < -0.3 is 15.4 Å². The third-order valence-electron chi connectivity index (χ3n) is 3.24. The van der Waals surface area contributed by atoms with Crippen LogP contribution < -0.4 is 20.7 Å². The zero-order chi connectivity index (χ0) is 16.8. The van der Waals surface area contributed by atoms with Gasteiger partial charge in [-0.05, 0) is 37.6 Å². The lowest BCUT2D eigenvalue weighted by Gasteiger charge is -2.15. The molecule has 0 aromatic heterocycles. The van der Waals surface area contributed by atoms with E-state index in [-0.39, 0.29) is 37.2 Å². The molecule has 0 spiro atoms. The monoisotopic (exact) mass is 323 g/mol. The Morgan fingerprint density at radius 3 is 2.65 bits per heavy atom. The van der Waals surface area contributed by atoms with Crippen LogP contribution in [0.4, 0.5) is 9.18 Å².